The molecule has 1 fully saturated rings. The first-order chi connectivity index (χ1) is 8.72. The van der Waals surface area contributed by atoms with Crippen LogP contribution < -0.4 is 5.32 Å². The van der Waals surface area contributed by atoms with Gasteiger partial charge in [0.1, 0.15) is 0 Å². The Morgan fingerprint density at radius 3 is 2.78 bits per heavy atom. The maximum absolute atomic E-state index is 5.48. The third-order valence-electron chi connectivity index (χ3n) is 3.65. The number of nitrogens with one attached hydrogen (secondary N) is 1. The minimum absolute atomic E-state index is 0.438. The van der Waals surface area contributed by atoms with E-state index in [-0.39, 0.29) is 0 Å². The molecule has 1 aliphatic heterocycles. The smallest absolute Gasteiger partial charge is 0.0469 e. The lowest BCUT2D eigenvalue weighted by molar-refractivity contribution is 0.0537. The van der Waals surface area contributed by atoms with E-state index in [1.54, 1.807) is 0 Å². The van der Waals surface area contributed by atoms with Crippen molar-refractivity contribution in [2.24, 2.45) is 5.92 Å². The number of hydrogen-bond donors (Lipinski definition) is 1. The number of ether oxygens (including phenoxy) is 1. The summed E-state index contributed by atoms with van der Waals surface area (Å²) in [6.45, 7) is 7.13. The van der Waals surface area contributed by atoms with E-state index in [9.17, 15) is 0 Å². The lowest BCUT2D eigenvalue weighted by atomic mass is 9.86. The van der Waals surface area contributed by atoms with E-state index < -0.39 is 0 Å². The summed E-state index contributed by atoms with van der Waals surface area (Å²) >= 11 is 3.70. The van der Waals surface area contributed by atoms with E-state index in [4.69, 9.17) is 4.74 Å². The van der Waals surface area contributed by atoms with E-state index in [2.05, 4.69) is 53.3 Å². The summed E-state index contributed by atoms with van der Waals surface area (Å²) in [5.41, 5.74) is 2.71. The molecule has 0 radical (unpaired) electrons. The van der Waals surface area contributed by atoms with Crippen molar-refractivity contribution in [3.05, 3.63) is 33.8 Å². The predicted molar refractivity (Wildman–Crippen MR) is 78.8 cm³/mol. The van der Waals surface area contributed by atoms with E-state index >= 15 is 0 Å². The third-order valence-corrected chi connectivity index (χ3v) is 4.37. The van der Waals surface area contributed by atoms with Gasteiger partial charge in [0.25, 0.3) is 0 Å². The fraction of sp³-hybridized carbons (Fsp3) is 0.600. The molecule has 0 spiro atoms. The van der Waals surface area contributed by atoms with Gasteiger partial charge in [-0.05, 0) is 43.9 Å². The molecule has 1 heterocycles. The van der Waals surface area contributed by atoms with Gasteiger partial charge in [0, 0.05) is 23.7 Å². The second-order valence-electron chi connectivity index (χ2n) is 5.01. The summed E-state index contributed by atoms with van der Waals surface area (Å²) in [5.74, 6) is 0.678. The summed E-state index contributed by atoms with van der Waals surface area (Å²) in [5, 5.41) is 3.65. The Balaban J connectivity index is 2.24. The highest BCUT2D eigenvalue weighted by Gasteiger charge is 2.26. The summed E-state index contributed by atoms with van der Waals surface area (Å²) in [6.07, 6.45) is 2.30. The first-order valence-corrected chi connectivity index (χ1v) is 7.59. The second kappa shape index (κ2) is 6.69. The zero-order valence-corrected chi connectivity index (χ0v) is 12.8. The molecule has 2 nitrogen and oxygen atoms in total. The highest BCUT2D eigenvalue weighted by Crippen LogP contribution is 2.34. The normalized spacial score (nSPS) is 18.8. The first-order valence-electron chi connectivity index (χ1n) is 6.79. The Kier molecular flexibility index (Phi) is 5.22. The summed E-state index contributed by atoms with van der Waals surface area (Å²) in [4.78, 5) is 0. The average Bonchev–Trinajstić information content (AvgIpc) is 2.40. The fourth-order valence-corrected chi connectivity index (χ4v) is 3.19. The van der Waals surface area contributed by atoms with Crippen LogP contribution in [0.15, 0.2) is 22.7 Å². The van der Waals surface area contributed by atoms with Crippen LogP contribution in [0.3, 0.4) is 0 Å². The van der Waals surface area contributed by atoms with Crippen LogP contribution >= 0.6 is 15.9 Å². The van der Waals surface area contributed by atoms with Crippen molar-refractivity contribution in [1.82, 2.24) is 5.32 Å². The number of aryl methyl sites for hydroxylation is 1. The lowest BCUT2D eigenvalue weighted by Gasteiger charge is -2.32. The van der Waals surface area contributed by atoms with Crippen molar-refractivity contribution in [2.45, 2.75) is 32.7 Å². The molecule has 1 aromatic rings. The zero-order chi connectivity index (χ0) is 13.0. The third kappa shape index (κ3) is 3.34. The van der Waals surface area contributed by atoms with Gasteiger partial charge in [0.2, 0.25) is 0 Å². The van der Waals surface area contributed by atoms with Crippen molar-refractivity contribution in [3.8, 4) is 0 Å². The molecular formula is C15H22BrNO. The largest absolute Gasteiger partial charge is 0.381 e. The van der Waals surface area contributed by atoms with Crippen molar-refractivity contribution < 1.29 is 4.74 Å². The maximum Gasteiger partial charge on any atom is 0.0469 e. The van der Waals surface area contributed by atoms with Crippen LogP contribution in [0.4, 0.5) is 0 Å². The molecule has 18 heavy (non-hydrogen) atoms. The molecule has 0 saturated carbocycles. The second-order valence-corrected chi connectivity index (χ2v) is 5.86. The fourth-order valence-electron chi connectivity index (χ4n) is 2.70. The molecular weight excluding hydrogens is 290 g/mol. The van der Waals surface area contributed by atoms with Gasteiger partial charge < -0.3 is 10.1 Å². The molecule has 3 heteroatoms. The Morgan fingerprint density at radius 2 is 2.11 bits per heavy atom. The van der Waals surface area contributed by atoms with Gasteiger partial charge in [-0.3, -0.25) is 0 Å². The topological polar surface area (TPSA) is 21.3 Å². The molecule has 0 aromatic heterocycles. The van der Waals surface area contributed by atoms with Crippen LogP contribution in [0.1, 0.15) is 36.9 Å². The van der Waals surface area contributed by atoms with E-state index in [1.165, 1.54) is 15.6 Å². The van der Waals surface area contributed by atoms with Crippen LogP contribution in [0.2, 0.25) is 0 Å². The quantitative estimate of drug-likeness (QED) is 0.912. The van der Waals surface area contributed by atoms with Crippen LogP contribution in [0.5, 0.6) is 0 Å². The molecule has 1 saturated heterocycles. The average molecular weight is 312 g/mol. The van der Waals surface area contributed by atoms with Gasteiger partial charge in [-0.15, -0.1) is 0 Å². The van der Waals surface area contributed by atoms with Crippen molar-refractivity contribution >= 4 is 15.9 Å². The maximum atomic E-state index is 5.48. The minimum atomic E-state index is 0.438. The van der Waals surface area contributed by atoms with Crippen molar-refractivity contribution in [1.29, 1.82) is 0 Å². The highest BCUT2D eigenvalue weighted by molar-refractivity contribution is 9.10. The van der Waals surface area contributed by atoms with E-state index in [0.29, 0.717) is 12.0 Å². The SMILES string of the molecule is CCNC(c1cc(C)ccc1Br)C1CCOCC1. The molecule has 1 atom stereocenters. The molecule has 0 amide bonds. The Labute approximate surface area is 118 Å². The summed E-state index contributed by atoms with van der Waals surface area (Å²) < 4.78 is 6.69. The molecule has 1 N–H and O–H groups in total. The van der Waals surface area contributed by atoms with Crippen molar-refractivity contribution in [3.63, 3.8) is 0 Å². The number of hydrogen-bond acceptors (Lipinski definition) is 2. The molecule has 1 unspecified atom stereocenters. The zero-order valence-electron chi connectivity index (χ0n) is 11.2. The van der Waals surface area contributed by atoms with Gasteiger partial charge in [-0.2, -0.15) is 0 Å². The number of benzene rings is 1. The van der Waals surface area contributed by atoms with Crippen molar-refractivity contribution in [2.75, 3.05) is 19.8 Å². The monoisotopic (exact) mass is 311 g/mol. The van der Waals surface area contributed by atoms with Gasteiger partial charge in [0.05, 0.1) is 0 Å². The van der Waals surface area contributed by atoms with Crippen LogP contribution in [-0.4, -0.2) is 19.8 Å². The lowest BCUT2D eigenvalue weighted by Crippen LogP contribution is -2.32. The van der Waals surface area contributed by atoms with Gasteiger partial charge in [-0.25, -0.2) is 0 Å². The number of rotatable bonds is 4. The summed E-state index contributed by atoms with van der Waals surface area (Å²) in [6, 6.07) is 7.05. The van der Waals surface area contributed by atoms with E-state index in [1.807, 2.05) is 0 Å². The molecule has 100 valence electrons. The molecule has 1 aromatic carbocycles. The molecule has 0 bridgehead atoms. The molecule has 0 aliphatic carbocycles. The summed E-state index contributed by atoms with van der Waals surface area (Å²) in [7, 11) is 0. The Bertz CT molecular complexity index is 388. The minimum Gasteiger partial charge on any atom is -0.381 e. The predicted octanol–water partition coefficient (Wildman–Crippen LogP) is 3.83. The van der Waals surface area contributed by atoms with E-state index in [0.717, 1.165) is 32.6 Å². The number of halogens is 1. The Hall–Kier alpha value is -0.380. The molecule has 2 rings (SSSR count). The first kappa shape index (κ1) is 14.0. The molecule has 1 aliphatic rings. The van der Waals surface area contributed by atoms with Crippen LogP contribution in [0, 0.1) is 12.8 Å². The van der Waals surface area contributed by atoms with Gasteiger partial charge in [-0.1, -0.05) is 40.5 Å². The Morgan fingerprint density at radius 1 is 1.39 bits per heavy atom. The highest BCUT2D eigenvalue weighted by atomic mass is 79.9. The van der Waals surface area contributed by atoms with Crippen LogP contribution in [0.25, 0.3) is 0 Å². The van der Waals surface area contributed by atoms with Gasteiger partial charge >= 0.3 is 0 Å². The standard InChI is InChI=1S/C15H22BrNO/c1-3-17-15(12-6-8-18-9-7-12)13-10-11(2)4-5-14(13)16/h4-5,10,12,15,17H,3,6-9H2,1-2H3. The van der Waals surface area contributed by atoms with Gasteiger partial charge in [0.15, 0.2) is 0 Å². The van der Waals surface area contributed by atoms with Crippen LogP contribution in [-0.2, 0) is 4.74 Å².